The molecule has 3 rings (SSSR count). The van der Waals surface area contributed by atoms with Gasteiger partial charge in [-0.1, -0.05) is 42.0 Å². The van der Waals surface area contributed by atoms with Gasteiger partial charge in [0, 0.05) is 24.6 Å². The molecule has 1 heterocycles. The van der Waals surface area contributed by atoms with Crippen molar-refractivity contribution in [1.82, 2.24) is 4.90 Å². The first kappa shape index (κ1) is 19.9. The van der Waals surface area contributed by atoms with E-state index in [0.29, 0.717) is 0 Å². The molecule has 0 saturated heterocycles. The summed E-state index contributed by atoms with van der Waals surface area (Å²) in [7, 11) is 0. The summed E-state index contributed by atoms with van der Waals surface area (Å²) in [5.74, 6) is -0.797. The minimum Gasteiger partial charge on any atom is -0.481 e. The molecule has 0 atom stereocenters. The molecule has 26 heavy (non-hydrogen) atoms. The Morgan fingerprint density at radius 3 is 2.15 bits per heavy atom. The molecule has 2 aromatic rings. The number of anilines is 1. The summed E-state index contributed by atoms with van der Waals surface area (Å²) in [6, 6.07) is 12.3. The lowest BCUT2D eigenvalue weighted by Gasteiger charge is -2.25. The number of aliphatic carboxylic acids is 1. The Bertz CT molecular complexity index is 792. The Morgan fingerprint density at radius 1 is 1.00 bits per heavy atom. The number of benzene rings is 2. The van der Waals surface area contributed by atoms with Crippen LogP contribution in [0.1, 0.15) is 27.8 Å². The van der Waals surface area contributed by atoms with Crippen LogP contribution in [0.5, 0.6) is 0 Å². The van der Waals surface area contributed by atoms with Gasteiger partial charge >= 0.3 is 5.97 Å². The van der Waals surface area contributed by atoms with E-state index >= 15 is 0 Å². The molecule has 0 bridgehead atoms. The summed E-state index contributed by atoms with van der Waals surface area (Å²) in [5.41, 5.74) is 7.17. The summed E-state index contributed by atoms with van der Waals surface area (Å²) < 4.78 is 0. The fourth-order valence-electron chi connectivity index (χ4n) is 3.51. The maximum Gasteiger partial charge on any atom is 0.307 e. The number of hydrogen-bond acceptors (Lipinski definition) is 3. The van der Waals surface area contributed by atoms with Crippen molar-refractivity contribution in [2.24, 2.45) is 0 Å². The van der Waals surface area contributed by atoms with Crippen molar-refractivity contribution in [1.29, 1.82) is 0 Å². The van der Waals surface area contributed by atoms with Gasteiger partial charge in [0.2, 0.25) is 0 Å². The monoisotopic (exact) mass is 372 g/mol. The molecule has 0 unspecified atom stereocenters. The molecule has 0 saturated carbocycles. The third-order valence-corrected chi connectivity index (χ3v) is 4.48. The molecule has 2 aromatic carbocycles. The molecule has 1 aliphatic heterocycles. The molecule has 138 valence electrons. The van der Waals surface area contributed by atoms with Gasteiger partial charge in [-0.2, -0.15) is 0 Å². The third kappa shape index (κ3) is 4.58. The smallest absolute Gasteiger partial charge is 0.307 e. The molecule has 0 fully saturated rings. The minimum absolute atomic E-state index is 0. The Kier molecular flexibility index (Phi) is 6.32. The number of aryl methyl sites for hydroxylation is 3. The number of halogens is 1. The lowest BCUT2D eigenvalue weighted by molar-refractivity contribution is -0.136. The number of carboxylic acid groups (broad SMARTS) is 1. The molecule has 4 nitrogen and oxygen atoms in total. The van der Waals surface area contributed by atoms with Gasteiger partial charge in [0.15, 0.2) is 0 Å². The summed E-state index contributed by atoms with van der Waals surface area (Å²) >= 11 is 0. The van der Waals surface area contributed by atoms with Crippen LogP contribution in [0.25, 0.3) is 0 Å². The zero-order chi connectivity index (χ0) is 18.0. The quantitative estimate of drug-likeness (QED) is 0.844. The molecule has 0 radical (unpaired) electrons. The predicted molar refractivity (Wildman–Crippen MR) is 108 cm³/mol. The van der Waals surface area contributed by atoms with Crippen molar-refractivity contribution < 1.29 is 9.90 Å². The van der Waals surface area contributed by atoms with Gasteiger partial charge in [-0.25, -0.2) is 0 Å². The highest BCUT2D eigenvalue weighted by Gasteiger charge is 2.17. The largest absolute Gasteiger partial charge is 0.481 e. The molecule has 0 amide bonds. The standard InChI is InChI=1S/C21H24N2O2.ClH/c1-15-10-16(2)21(17(3)11-15)23-9-8-22(14-23)13-19-6-4-18(5-7-19)12-20(24)25;/h4-11H,12-14H2,1-3H3,(H,24,25);1H. The fourth-order valence-corrected chi connectivity index (χ4v) is 3.51. The topological polar surface area (TPSA) is 43.8 Å². The maximum atomic E-state index is 10.8. The summed E-state index contributed by atoms with van der Waals surface area (Å²) in [5, 5.41) is 8.84. The molecule has 1 aliphatic rings. The predicted octanol–water partition coefficient (Wildman–Crippen LogP) is 4.41. The Labute approximate surface area is 161 Å². The second-order valence-corrected chi connectivity index (χ2v) is 6.79. The summed E-state index contributed by atoms with van der Waals surface area (Å²) in [6.07, 6.45) is 4.32. The molecule has 1 N–H and O–H groups in total. The molecular formula is C21H25ClN2O2. The van der Waals surface area contributed by atoms with E-state index < -0.39 is 5.97 Å². The van der Waals surface area contributed by atoms with Crippen LogP contribution in [0.4, 0.5) is 5.69 Å². The van der Waals surface area contributed by atoms with Gasteiger partial charge in [0.25, 0.3) is 0 Å². The van der Waals surface area contributed by atoms with Crippen LogP contribution in [-0.2, 0) is 17.8 Å². The van der Waals surface area contributed by atoms with E-state index in [4.69, 9.17) is 5.11 Å². The van der Waals surface area contributed by atoms with E-state index in [1.165, 1.54) is 27.9 Å². The van der Waals surface area contributed by atoms with Crippen molar-refractivity contribution in [2.75, 3.05) is 11.6 Å². The van der Waals surface area contributed by atoms with Gasteiger partial charge < -0.3 is 14.9 Å². The van der Waals surface area contributed by atoms with E-state index in [0.717, 1.165) is 18.8 Å². The van der Waals surface area contributed by atoms with Gasteiger partial charge in [0.05, 0.1) is 13.1 Å². The van der Waals surface area contributed by atoms with Gasteiger partial charge in [-0.3, -0.25) is 4.79 Å². The Morgan fingerprint density at radius 2 is 1.58 bits per heavy atom. The minimum atomic E-state index is -0.797. The van der Waals surface area contributed by atoms with Crippen LogP contribution < -0.4 is 4.90 Å². The van der Waals surface area contributed by atoms with Gasteiger partial charge in [0.1, 0.15) is 0 Å². The van der Waals surface area contributed by atoms with Crippen LogP contribution >= 0.6 is 12.4 Å². The zero-order valence-corrected chi connectivity index (χ0v) is 16.2. The van der Waals surface area contributed by atoms with Crippen LogP contribution in [0.15, 0.2) is 48.8 Å². The van der Waals surface area contributed by atoms with Crippen LogP contribution in [0.3, 0.4) is 0 Å². The summed E-state index contributed by atoms with van der Waals surface area (Å²) in [4.78, 5) is 15.3. The van der Waals surface area contributed by atoms with E-state index in [2.05, 4.69) is 55.1 Å². The lowest BCUT2D eigenvalue weighted by Crippen LogP contribution is -2.25. The summed E-state index contributed by atoms with van der Waals surface area (Å²) in [6.45, 7) is 8.08. The second kappa shape index (κ2) is 8.28. The molecule has 0 aliphatic carbocycles. The molecule has 0 spiro atoms. The van der Waals surface area contributed by atoms with Crippen molar-refractivity contribution >= 4 is 24.1 Å². The average Bonchev–Trinajstić information content (AvgIpc) is 2.96. The van der Waals surface area contributed by atoms with Crippen molar-refractivity contribution in [2.45, 2.75) is 33.7 Å². The van der Waals surface area contributed by atoms with Gasteiger partial charge in [-0.05, 0) is 43.0 Å². The molecule has 0 aromatic heterocycles. The number of hydrogen-bond donors (Lipinski definition) is 1. The Balaban J connectivity index is 0.00000243. The normalized spacial score (nSPS) is 13.0. The van der Waals surface area contributed by atoms with E-state index in [9.17, 15) is 4.79 Å². The first-order chi connectivity index (χ1) is 11.9. The van der Waals surface area contributed by atoms with Crippen LogP contribution in [0.2, 0.25) is 0 Å². The lowest BCUT2D eigenvalue weighted by atomic mass is 10.0. The van der Waals surface area contributed by atoms with Crippen LogP contribution in [-0.4, -0.2) is 22.6 Å². The van der Waals surface area contributed by atoms with Crippen LogP contribution in [0, 0.1) is 20.8 Å². The number of nitrogens with zero attached hydrogens (tertiary/aromatic N) is 2. The average molecular weight is 373 g/mol. The number of carboxylic acids is 1. The zero-order valence-electron chi connectivity index (χ0n) is 15.4. The fraction of sp³-hybridized carbons (Fsp3) is 0.286. The SMILES string of the molecule is Cc1cc(C)c(N2C=CN(Cc3ccc(CC(=O)O)cc3)C2)c(C)c1.Cl. The first-order valence-corrected chi connectivity index (χ1v) is 8.49. The first-order valence-electron chi connectivity index (χ1n) is 8.49. The van der Waals surface area contributed by atoms with E-state index in [1.807, 2.05) is 24.3 Å². The number of carbonyl (C=O) groups is 1. The van der Waals surface area contributed by atoms with Gasteiger partial charge in [-0.15, -0.1) is 12.4 Å². The second-order valence-electron chi connectivity index (χ2n) is 6.79. The molecular weight excluding hydrogens is 348 g/mol. The molecule has 5 heteroatoms. The van der Waals surface area contributed by atoms with Crippen molar-refractivity contribution in [3.05, 3.63) is 76.6 Å². The van der Waals surface area contributed by atoms with Crippen molar-refractivity contribution in [3.8, 4) is 0 Å². The highest BCUT2D eigenvalue weighted by Crippen LogP contribution is 2.29. The van der Waals surface area contributed by atoms with Crippen molar-refractivity contribution in [3.63, 3.8) is 0 Å². The highest BCUT2D eigenvalue weighted by atomic mass is 35.5. The Hall–Kier alpha value is -2.46. The maximum absolute atomic E-state index is 10.8. The number of rotatable bonds is 5. The third-order valence-electron chi connectivity index (χ3n) is 4.48. The van der Waals surface area contributed by atoms with E-state index in [-0.39, 0.29) is 18.8 Å². The highest BCUT2D eigenvalue weighted by molar-refractivity contribution is 5.85. The van der Waals surface area contributed by atoms with E-state index in [1.54, 1.807) is 0 Å².